The Balaban J connectivity index is 1.31. The molecule has 0 saturated carbocycles. The molecule has 41 heavy (non-hydrogen) atoms. The number of ether oxygens (including phenoxy) is 1. The maximum absolute atomic E-state index is 13.5. The van der Waals surface area contributed by atoms with Crippen molar-refractivity contribution in [1.82, 2.24) is 29.4 Å². The van der Waals surface area contributed by atoms with E-state index >= 15 is 0 Å². The minimum atomic E-state index is -3.91. The van der Waals surface area contributed by atoms with Gasteiger partial charge in [0.1, 0.15) is 16.4 Å². The molecular weight excluding hydrogens is 567 g/mol. The summed E-state index contributed by atoms with van der Waals surface area (Å²) >= 11 is 1.08. The van der Waals surface area contributed by atoms with Crippen LogP contribution in [-0.2, 0) is 19.6 Å². The third-order valence-corrected chi connectivity index (χ3v) is 10.3. The summed E-state index contributed by atoms with van der Waals surface area (Å²) < 4.78 is 46.6. The maximum Gasteiger partial charge on any atom is 0.252 e. The summed E-state index contributed by atoms with van der Waals surface area (Å²) in [6.45, 7) is 1.53. The first kappa shape index (κ1) is 27.1. The molecule has 1 aliphatic heterocycles. The Kier molecular flexibility index (Phi) is 7.34. The van der Waals surface area contributed by atoms with Crippen LogP contribution in [0.1, 0.15) is 0 Å². The molecule has 10 nitrogen and oxygen atoms in total. The number of sulfonamides is 1. The van der Waals surface area contributed by atoms with Crippen LogP contribution in [0, 0.1) is 5.82 Å². The number of aromatic nitrogens is 4. The average Bonchev–Trinajstić information content (AvgIpc) is 3.69. The monoisotopic (exact) mass is 592 g/mol. The van der Waals surface area contributed by atoms with Gasteiger partial charge in [-0.2, -0.15) is 9.40 Å². The van der Waals surface area contributed by atoms with E-state index < -0.39 is 10.0 Å². The zero-order valence-corrected chi connectivity index (χ0v) is 23.6. The van der Waals surface area contributed by atoms with E-state index in [4.69, 9.17) is 4.74 Å². The van der Waals surface area contributed by atoms with Gasteiger partial charge in [0.2, 0.25) is 5.91 Å². The van der Waals surface area contributed by atoms with E-state index in [1.54, 1.807) is 29.3 Å². The first-order valence-corrected chi connectivity index (χ1v) is 15.0. The van der Waals surface area contributed by atoms with Crippen LogP contribution >= 0.6 is 11.3 Å². The molecule has 0 unspecified atom stereocenters. The lowest BCUT2D eigenvalue weighted by Gasteiger charge is -2.28. The molecule has 5 aromatic rings. The molecular formula is C28H25FN6O4S2. The summed E-state index contributed by atoms with van der Waals surface area (Å²) in [6.07, 6.45) is 3.15. The Hall–Kier alpha value is -4.04. The molecule has 1 saturated heterocycles. The molecule has 1 fully saturated rings. The molecule has 2 aromatic carbocycles. The van der Waals surface area contributed by atoms with Crippen molar-refractivity contribution in [1.29, 1.82) is 0 Å². The number of benzene rings is 2. The summed E-state index contributed by atoms with van der Waals surface area (Å²) in [6, 6.07) is 15.1. The second-order valence-corrected chi connectivity index (χ2v) is 12.8. The van der Waals surface area contributed by atoms with E-state index in [9.17, 15) is 17.6 Å². The number of likely N-dealkylation sites (N-methyl/N-ethyl adjacent to an activating group) is 1. The van der Waals surface area contributed by atoms with Gasteiger partial charge in [0, 0.05) is 36.7 Å². The number of carbonyl (C=O) groups excluding carboxylic acids is 1. The number of hydrogen-bond donors (Lipinski definition) is 1. The smallest absolute Gasteiger partial charge is 0.252 e. The van der Waals surface area contributed by atoms with Gasteiger partial charge in [0.15, 0.2) is 0 Å². The fourth-order valence-corrected chi connectivity index (χ4v) is 7.34. The van der Waals surface area contributed by atoms with Crippen LogP contribution in [0.5, 0.6) is 0 Å². The number of amides is 1. The Morgan fingerprint density at radius 1 is 1.07 bits per heavy atom. The first-order valence-electron chi connectivity index (χ1n) is 12.8. The first-order chi connectivity index (χ1) is 19.8. The molecule has 3 aromatic heterocycles. The van der Waals surface area contributed by atoms with Crippen LogP contribution in [0.4, 0.5) is 4.39 Å². The van der Waals surface area contributed by atoms with Crippen LogP contribution in [-0.4, -0.2) is 83.6 Å². The lowest BCUT2D eigenvalue weighted by atomic mass is 9.99. The fourth-order valence-electron chi connectivity index (χ4n) is 4.69. The normalized spacial score (nSPS) is 14.2. The number of hydrogen-bond acceptors (Lipinski definition) is 8. The van der Waals surface area contributed by atoms with Crippen molar-refractivity contribution in [3.63, 3.8) is 0 Å². The number of aromatic amines is 1. The number of carbonyl (C=O) groups is 1. The molecule has 1 aliphatic rings. The van der Waals surface area contributed by atoms with Gasteiger partial charge in [-0.3, -0.25) is 9.89 Å². The largest absolute Gasteiger partial charge is 0.378 e. The van der Waals surface area contributed by atoms with Crippen molar-refractivity contribution < 1.29 is 22.3 Å². The van der Waals surface area contributed by atoms with Gasteiger partial charge in [-0.05, 0) is 54.1 Å². The Labute approximate surface area is 239 Å². The summed E-state index contributed by atoms with van der Waals surface area (Å²) in [5.74, 6) is -0.584. The number of morpholine rings is 1. The SMILES string of the molecule is CN(CC(=O)N1CCOCC1)S(=O)(=O)c1ccc(-c2ncnc3ccc(-c4cn[nH]c4-c4ccc(F)cc4)cc23)s1. The highest BCUT2D eigenvalue weighted by molar-refractivity contribution is 7.91. The lowest BCUT2D eigenvalue weighted by molar-refractivity contribution is -0.135. The molecule has 4 heterocycles. The molecule has 0 aliphatic carbocycles. The highest BCUT2D eigenvalue weighted by Gasteiger charge is 2.28. The minimum Gasteiger partial charge on any atom is -0.378 e. The molecule has 0 bridgehead atoms. The predicted octanol–water partition coefficient (Wildman–Crippen LogP) is 4.03. The van der Waals surface area contributed by atoms with Crippen molar-refractivity contribution in [2.24, 2.45) is 0 Å². The van der Waals surface area contributed by atoms with Gasteiger partial charge < -0.3 is 9.64 Å². The Morgan fingerprint density at radius 3 is 2.61 bits per heavy atom. The Morgan fingerprint density at radius 2 is 1.83 bits per heavy atom. The van der Waals surface area contributed by atoms with Gasteiger partial charge in [-0.25, -0.2) is 22.8 Å². The number of rotatable bonds is 7. The van der Waals surface area contributed by atoms with E-state index in [2.05, 4.69) is 20.2 Å². The van der Waals surface area contributed by atoms with Gasteiger partial charge in [-0.1, -0.05) is 6.07 Å². The molecule has 0 atom stereocenters. The summed E-state index contributed by atoms with van der Waals surface area (Å²) in [4.78, 5) is 23.8. The van der Waals surface area contributed by atoms with Gasteiger partial charge >= 0.3 is 0 Å². The summed E-state index contributed by atoms with van der Waals surface area (Å²) in [5.41, 5.74) is 4.45. The number of H-pyrrole nitrogens is 1. The van der Waals surface area contributed by atoms with E-state index in [0.717, 1.165) is 43.4 Å². The molecule has 0 spiro atoms. The average molecular weight is 593 g/mol. The second kappa shape index (κ2) is 11.1. The van der Waals surface area contributed by atoms with Crippen molar-refractivity contribution in [3.8, 4) is 33.0 Å². The third kappa shape index (κ3) is 5.36. The van der Waals surface area contributed by atoms with E-state index in [0.29, 0.717) is 42.4 Å². The Bertz CT molecular complexity index is 1830. The third-order valence-electron chi connectivity index (χ3n) is 6.92. The van der Waals surface area contributed by atoms with Crippen LogP contribution in [0.2, 0.25) is 0 Å². The van der Waals surface area contributed by atoms with Crippen molar-refractivity contribution >= 4 is 38.2 Å². The molecule has 13 heteroatoms. The summed E-state index contributed by atoms with van der Waals surface area (Å²) in [7, 11) is -2.50. The van der Waals surface area contributed by atoms with Crippen molar-refractivity contribution in [3.05, 3.63) is 72.9 Å². The van der Waals surface area contributed by atoms with Crippen LogP contribution in [0.25, 0.3) is 43.9 Å². The lowest BCUT2D eigenvalue weighted by Crippen LogP contribution is -2.46. The maximum atomic E-state index is 13.5. The number of nitrogens with zero attached hydrogens (tertiary/aromatic N) is 5. The van der Waals surface area contributed by atoms with E-state index in [1.807, 2.05) is 18.2 Å². The number of nitrogens with one attached hydrogen (secondary N) is 1. The summed E-state index contributed by atoms with van der Waals surface area (Å²) in [5, 5.41) is 7.93. The van der Waals surface area contributed by atoms with Gasteiger partial charge in [0.25, 0.3) is 10.0 Å². The standard InChI is InChI=1S/C28H25FN6O4S2/c1-34(16-25(36)35-10-12-39-13-11-35)41(37,38)26-9-8-24(40-26)28-21-14-19(4-7-23(21)30-17-31-28)22-15-32-33-27(22)18-2-5-20(29)6-3-18/h2-9,14-15,17H,10-13,16H2,1H3,(H,32,33). The highest BCUT2D eigenvalue weighted by Crippen LogP contribution is 2.37. The zero-order valence-electron chi connectivity index (χ0n) is 21.9. The minimum absolute atomic E-state index is 0.112. The number of fused-ring (bicyclic) bond motifs is 1. The predicted molar refractivity (Wildman–Crippen MR) is 153 cm³/mol. The second-order valence-electron chi connectivity index (χ2n) is 9.49. The van der Waals surface area contributed by atoms with Crippen LogP contribution < -0.4 is 0 Å². The molecule has 1 amide bonds. The van der Waals surface area contributed by atoms with Gasteiger partial charge in [-0.15, -0.1) is 11.3 Å². The molecule has 210 valence electrons. The number of halogens is 1. The van der Waals surface area contributed by atoms with Crippen LogP contribution in [0.3, 0.4) is 0 Å². The zero-order chi connectivity index (χ0) is 28.6. The van der Waals surface area contributed by atoms with Crippen molar-refractivity contribution in [2.75, 3.05) is 39.9 Å². The van der Waals surface area contributed by atoms with E-state index in [-0.39, 0.29) is 22.5 Å². The molecule has 1 N–H and O–H groups in total. The van der Waals surface area contributed by atoms with Crippen molar-refractivity contribution in [2.45, 2.75) is 4.21 Å². The highest BCUT2D eigenvalue weighted by atomic mass is 32.2. The van der Waals surface area contributed by atoms with E-state index in [1.165, 1.54) is 31.6 Å². The fraction of sp³-hybridized carbons (Fsp3) is 0.214. The molecule has 6 rings (SSSR count). The van der Waals surface area contributed by atoms with Gasteiger partial charge in [0.05, 0.1) is 47.7 Å². The topological polar surface area (TPSA) is 121 Å². The number of thiophene rings is 1. The molecule has 0 radical (unpaired) electrons. The van der Waals surface area contributed by atoms with Crippen LogP contribution in [0.15, 0.2) is 71.3 Å². The quantitative estimate of drug-likeness (QED) is 0.303.